The number of rotatable bonds is 4. The zero-order chi connectivity index (χ0) is 17.9. The number of amides is 2. The molecule has 126 valence electrons. The van der Waals surface area contributed by atoms with Crippen molar-refractivity contribution in [3.63, 3.8) is 0 Å². The molecule has 0 saturated heterocycles. The third-order valence-corrected chi connectivity index (χ3v) is 3.66. The van der Waals surface area contributed by atoms with Crippen molar-refractivity contribution >= 4 is 58.0 Å². The van der Waals surface area contributed by atoms with Crippen LogP contribution in [0.3, 0.4) is 0 Å². The average molecular weight is 391 g/mol. The van der Waals surface area contributed by atoms with Crippen LogP contribution in [0.15, 0.2) is 30.3 Å². The number of hydrogen-bond donors (Lipinski definition) is 3. The average Bonchev–Trinajstić information content (AvgIpc) is 2.47. The van der Waals surface area contributed by atoms with Gasteiger partial charge in [-0.2, -0.15) is 0 Å². The highest BCUT2D eigenvalue weighted by molar-refractivity contribution is 6.41. The molecule has 0 spiro atoms. The van der Waals surface area contributed by atoms with Crippen molar-refractivity contribution in [2.75, 3.05) is 10.7 Å². The molecule has 0 fully saturated rings. The summed E-state index contributed by atoms with van der Waals surface area (Å²) in [4.78, 5) is 23.2. The second-order valence-electron chi connectivity index (χ2n) is 4.70. The maximum absolute atomic E-state index is 13.6. The maximum Gasteiger partial charge on any atom is 0.269 e. The van der Waals surface area contributed by atoms with E-state index in [0.29, 0.717) is 5.02 Å². The van der Waals surface area contributed by atoms with Gasteiger partial charge in [0.1, 0.15) is 5.82 Å². The van der Waals surface area contributed by atoms with E-state index in [0.717, 1.165) is 6.07 Å². The van der Waals surface area contributed by atoms with Crippen LogP contribution in [0.2, 0.25) is 15.1 Å². The van der Waals surface area contributed by atoms with Gasteiger partial charge in [0.2, 0.25) is 5.91 Å². The Bertz CT molecular complexity index is 792. The first kappa shape index (κ1) is 18.3. The number of nitrogens with one attached hydrogen (secondary N) is 3. The second-order valence-corrected chi connectivity index (χ2v) is 5.95. The van der Waals surface area contributed by atoms with E-state index >= 15 is 0 Å². The molecule has 2 aromatic rings. The summed E-state index contributed by atoms with van der Waals surface area (Å²) in [6.07, 6.45) is 0. The van der Waals surface area contributed by atoms with Crippen molar-refractivity contribution in [2.24, 2.45) is 0 Å². The van der Waals surface area contributed by atoms with E-state index in [9.17, 15) is 14.0 Å². The zero-order valence-electron chi connectivity index (χ0n) is 12.2. The van der Waals surface area contributed by atoms with Crippen LogP contribution in [0.25, 0.3) is 0 Å². The van der Waals surface area contributed by atoms with Crippen molar-refractivity contribution in [1.29, 1.82) is 0 Å². The molecule has 5 nitrogen and oxygen atoms in total. The summed E-state index contributed by atoms with van der Waals surface area (Å²) in [7, 11) is 0. The molecule has 2 aromatic carbocycles. The van der Waals surface area contributed by atoms with Crippen LogP contribution >= 0.6 is 34.8 Å². The predicted molar refractivity (Wildman–Crippen MR) is 93.3 cm³/mol. The van der Waals surface area contributed by atoms with Crippen molar-refractivity contribution in [3.8, 4) is 0 Å². The van der Waals surface area contributed by atoms with Crippen molar-refractivity contribution in [1.82, 2.24) is 5.43 Å². The second kappa shape index (κ2) is 7.70. The van der Waals surface area contributed by atoms with Gasteiger partial charge in [0.25, 0.3) is 5.91 Å². The minimum absolute atomic E-state index is 0.0993. The molecule has 0 unspecified atom stereocenters. The van der Waals surface area contributed by atoms with E-state index in [1.54, 1.807) is 0 Å². The minimum atomic E-state index is -0.654. The molecule has 0 heterocycles. The number of hydrogen-bond acceptors (Lipinski definition) is 3. The van der Waals surface area contributed by atoms with Crippen molar-refractivity contribution < 1.29 is 14.0 Å². The molecular formula is C15H11Cl3FN3O2. The molecule has 0 aliphatic heterocycles. The molecule has 0 saturated carbocycles. The quantitative estimate of drug-likeness (QED) is 0.673. The van der Waals surface area contributed by atoms with Crippen LogP contribution in [-0.4, -0.2) is 11.8 Å². The van der Waals surface area contributed by atoms with Gasteiger partial charge in [0.05, 0.1) is 21.4 Å². The molecule has 0 radical (unpaired) electrons. The minimum Gasteiger partial charge on any atom is -0.324 e. The number of carbonyl (C=O) groups excluding carboxylic acids is 2. The Kier molecular flexibility index (Phi) is 5.88. The van der Waals surface area contributed by atoms with E-state index in [-0.39, 0.29) is 27.0 Å². The van der Waals surface area contributed by atoms with E-state index in [4.69, 9.17) is 34.8 Å². The molecule has 2 amide bonds. The van der Waals surface area contributed by atoms with Gasteiger partial charge < -0.3 is 5.32 Å². The highest BCUT2D eigenvalue weighted by Crippen LogP contribution is 2.33. The Balaban J connectivity index is 2.15. The van der Waals surface area contributed by atoms with Crippen LogP contribution in [0.1, 0.15) is 17.3 Å². The van der Waals surface area contributed by atoms with E-state index < -0.39 is 17.6 Å². The van der Waals surface area contributed by atoms with Gasteiger partial charge >= 0.3 is 0 Å². The van der Waals surface area contributed by atoms with Gasteiger partial charge in [-0.25, -0.2) is 4.39 Å². The molecule has 24 heavy (non-hydrogen) atoms. The molecule has 2 rings (SSSR count). The first-order valence-corrected chi connectivity index (χ1v) is 7.69. The monoisotopic (exact) mass is 389 g/mol. The standard InChI is InChI=1S/C15H11Cl3FN3O2/c1-7(23)20-13-4-8(2-3-12(13)19)15(24)22-21-14-10(17)5-9(16)6-11(14)18/h2-6,21H,1H3,(H,20,23)(H,22,24). The van der Waals surface area contributed by atoms with E-state index in [1.807, 2.05) is 0 Å². The summed E-state index contributed by atoms with van der Waals surface area (Å²) in [5, 5.41) is 3.07. The fraction of sp³-hybridized carbons (Fsp3) is 0.0667. The lowest BCUT2D eigenvalue weighted by Gasteiger charge is -2.13. The van der Waals surface area contributed by atoms with Crippen LogP contribution in [0.5, 0.6) is 0 Å². The zero-order valence-corrected chi connectivity index (χ0v) is 14.5. The summed E-state index contributed by atoms with van der Waals surface area (Å²) in [5.41, 5.74) is 5.24. The Labute approximate surface area is 152 Å². The number of hydrazine groups is 1. The Morgan fingerprint density at radius 3 is 2.25 bits per heavy atom. The van der Waals surface area contributed by atoms with Gasteiger partial charge in [0.15, 0.2) is 0 Å². The SMILES string of the molecule is CC(=O)Nc1cc(C(=O)NNc2c(Cl)cc(Cl)cc2Cl)ccc1F. The third kappa shape index (κ3) is 4.50. The predicted octanol–water partition coefficient (Wildman–Crippen LogP) is 4.50. The fourth-order valence-corrected chi connectivity index (χ4v) is 2.72. The topological polar surface area (TPSA) is 70.2 Å². The lowest BCUT2D eigenvalue weighted by atomic mass is 10.2. The summed E-state index contributed by atoms with van der Waals surface area (Å²) in [6.45, 7) is 1.23. The third-order valence-electron chi connectivity index (χ3n) is 2.85. The molecule has 3 N–H and O–H groups in total. The van der Waals surface area contributed by atoms with E-state index in [1.165, 1.54) is 31.2 Å². The number of carbonyl (C=O) groups is 2. The van der Waals surface area contributed by atoms with Crippen molar-refractivity contribution in [2.45, 2.75) is 6.92 Å². The maximum atomic E-state index is 13.6. The lowest BCUT2D eigenvalue weighted by molar-refractivity contribution is -0.114. The van der Waals surface area contributed by atoms with Crippen LogP contribution < -0.4 is 16.2 Å². The molecule has 9 heteroatoms. The normalized spacial score (nSPS) is 10.2. The molecule has 0 aromatic heterocycles. The summed E-state index contributed by atoms with van der Waals surface area (Å²) >= 11 is 17.8. The molecule has 0 bridgehead atoms. The summed E-state index contributed by atoms with van der Waals surface area (Å²) in [5.74, 6) is -1.69. The Morgan fingerprint density at radius 1 is 1.04 bits per heavy atom. The van der Waals surface area contributed by atoms with Gasteiger partial charge in [0, 0.05) is 17.5 Å². The molecule has 0 atom stereocenters. The summed E-state index contributed by atoms with van der Waals surface area (Å²) in [6, 6.07) is 6.45. The van der Waals surface area contributed by atoms with Gasteiger partial charge in [-0.05, 0) is 30.3 Å². The fourth-order valence-electron chi connectivity index (χ4n) is 1.81. The van der Waals surface area contributed by atoms with Crippen LogP contribution in [0.4, 0.5) is 15.8 Å². The first-order chi connectivity index (χ1) is 11.3. The van der Waals surface area contributed by atoms with Crippen LogP contribution in [-0.2, 0) is 4.79 Å². The highest BCUT2D eigenvalue weighted by atomic mass is 35.5. The number of halogens is 4. The van der Waals surface area contributed by atoms with Gasteiger partial charge in [-0.3, -0.25) is 20.4 Å². The number of anilines is 2. The molecule has 0 aliphatic rings. The Morgan fingerprint density at radius 2 is 1.67 bits per heavy atom. The lowest BCUT2D eigenvalue weighted by Crippen LogP contribution is -2.29. The molecular weight excluding hydrogens is 380 g/mol. The smallest absolute Gasteiger partial charge is 0.269 e. The largest absolute Gasteiger partial charge is 0.324 e. The van der Waals surface area contributed by atoms with Gasteiger partial charge in [-0.1, -0.05) is 34.8 Å². The van der Waals surface area contributed by atoms with E-state index in [2.05, 4.69) is 16.2 Å². The van der Waals surface area contributed by atoms with Crippen molar-refractivity contribution in [3.05, 3.63) is 56.8 Å². The van der Waals surface area contributed by atoms with Crippen LogP contribution in [0, 0.1) is 5.82 Å². The number of benzene rings is 2. The summed E-state index contributed by atoms with van der Waals surface area (Å²) < 4.78 is 13.6. The Hall–Kier alpha value is -2.02. The first-order valence-electron chi connectivity index (χ1n) is 6.56. The highest BCUT2D eigenvalue weighted by Gasteiger charge is 2.13. The molecule has 0 aliphatic carbocycles. The van der Waals surface area contributed by atoms with Gasteiger partial charge in [-0.15, -0.1) is 0 Å².